The molecule has 1 atom stereocenters. The van der Waals surface area contributed by atoms with E-state index in [1.807, 2.05) is 7.05 Å². The van der Waals surface area contributed by atoms with Crippen molar-refractivity contribution in [2.75, 3.05) is 47.0 Å². The fraction of sp³-hybridized carbons (Fsp3) is 1.00. The Bertz CT molecular complexity index is 170. The molecule has 0 aliphatic heterocycles. The first-order valence-corrected chi connectivity index (χ1v) is 6.30. The number of aliphatic hydroxyl groups is 1. The van der Waals surface area contributed by atoms with Gasteiger partial charge >= 0.3 is 0 Å². The second-order valence-electron chi connectivity index (χ2n) is 4.78. The molecule has 0 amide bonds. The highest BCUT2D eigenvalue weighted by molar-refractivity contribution is 4.72. The monoisotopic (exact) mass is 230 g/mol. The number of likely N-dealkylation sites (N-methyl/N-ethyl adjacent to an activating group) is 2. The maximum absolute atomic E-state index is 9.02. The van der Waals surface area contributed by atoms with Gasteiger partial charge in [-0.05, 0) is 45.8 Å². The summed E-state index contributed by atoms with van der Waals surface area (Å²) in [6, 6.07) is 0.217. The minimum Gasteiger partial charge on any atom is -0.395 e. The zero-order chi connectivity index (χ0) is 11.8. The Morgan fingerprint density at radius 2 is 2.19 bits per heavy atom. The summed E-state index contributed by atoms with van der Waals surface area (Å²) in [4.78, 5) is 2.26. The highest BCUT2D eigenvalue weighted by atomic mass is 16.5. The molecule has 2 N–H and O–H groups in total. The minimum absolute atomic E-state index is 0.211. The molecule has 0 aromatic rings. The molecule has 0 saturated heterocycles. The lowest BCUT2D eigenvalue weighted by Gasteiger charge is -2.20. The number of nitrogens with zero attached hydrogens (tertiary/aromatic N) is 1. The molecule has 0 heterocycles. The van der Waals surface area contributed by atoms with Crippen molar-refractivity contribution in [1.82, 2.24) is 10.2 Å². The van der Waals surface area contributed by atoms with Crippen LogP contribution in [0.4, 0.5) is 0 Å². The zero-order valence-electron chi connectivity index (χ0n) is 10.6. The summed E-state index contributed by atoms with van der Waals surface area (Å²) in [5.41, 5.74) is 0. The first-order valence-electron chi connectivity index (χ1n) is 6.30. The molecule has 1 unspecified atom stereocenters. The molecule has 1 aliphatic rings. The van der Waals surface area contributed by atoms with Gasteiger partial charge in [0.15, 0.2) is 0 Å². The highest BCUT2D eigenvalue weighted by Crippen LogP contribution is 2.28. The van der Waals surface area contributed by atoms with Gasteiger partial charge in [0.25, 0.3) is 0 Å². The molecule has 4 heteroatoms. The minimum atomic E-state index is 0.211. The maximum atomic E-state index is 9.02. The van der Waals surface area contributed by atoms with Crippen molar-refractivity contribution in [3.63, 3.8) is 0 Å². The van der Waals surface area contributed by atoms with Gasteiger partial charge in [-0.25, -0.2) is 0 Å². The van der Waals surface area contributed by atoms with Gasteiger partial charge in [0.1, 0.15) is 0 Å². The van der Waals surface area contributed by atoms with Crippen LogP contribution in [0.3, 0.4) is 0 Å². The predicted octanol–water partition coefficient (Wildman–Crippen LogP) is 0.315. The normalized spacial score (nSPS) is 18.0. The summed E-state index contributed by atoms with van der Waals surface area (Å²) in [7, 11) is 3.99. The van der Waals surface area contributed by atoms with Gasteiger partial charge in [-0.15, -0.1) is 0 Å². The maximum Gasteiger partial charge on any atom is 0.0593 e. The molecule has 1 rings (SSSR count). The lowest BCUT2D eigenvalue weighted by molar-refractivity contribution is 0.101. The van der Waals surface area contributed by atoms with Gasteiger partial charge < -0.3 is 20.1 Å². The molecule has 16 heavy (non-hydrogen) atoms. The second-order valence-corrected chi connectivity index (χ2v) is 4.78. The van der Waals surface area contributed by atoms with Crippen molar-refractivity contribution in [3.8, 4) is 0 Å². The topological polar surface area (TPSA) is 44.7 Å². The third-order valence-electron chi connectivity index (χ3n) is 3.16. The van der Waals surface area contributed by atoms with Gasteiger partial charge in [0, 0.05) is 19.2 Å². The zero-order valence-corrected chi connectivity index (χ0v) is 10.6. The Morgan fingerprint density at radius 3 is 2.75 bits per heavy atom. The molecule has 4 nitrogen and oxygen atoms in total. The summed E-state index contributed by atoms with van der Waals surface area (Å²) in [5, 5.41) is 12.1. The predicted molar refractivity (Wildman–Crippen MR) is 65.6 cm³/mol. The van der Waals surface area contributed by atoms with Crippen molar-refractivity contribution >= 4 is 0 Å². The summed E-state index contributed by atoms with van der Waals surface area (Å²) in [6.07, 6.45) is 3.69. The number of aliphatic hydroxyl groups excluding tert-OH is 1. The molecule has 0 bridgehead atoms. The van der Waals surface area contributed by atoms with Crippen LogP contribution in [0.5, 0.6) is 0 Å². The fourth-order valence-corrected chi connectivity index (χ4v) is 1.57. The van der Waals surface area contributed by atoms with Crippen LogP contribution < -0.4 is 5.32 Å². The SMILES string of the molecule is CNC(CO)CCN(C)CCOCC1CC1. The van der Waals surface area contributed by atoms with Crippen molar-refractivity contribution < 1.29 is 9.84 Å². The lowest BCUT2D eigenvalue weighted by atomic mass is 10.2. The van der Waals surface area contributed by atoms with Gasteiger partial charge in [-0.3, -0.25) is 0 Å². The smallest absolute Gasteiger partial charge is 0.0593 e. The van der Waals surface area contributed by atoms with Gasteiger partial charge in [0.05, 0.1) is 13.2 Å². The Balaban J connectivity index is 1.90. The summed E-state index contributed by atoms with van der Waals surface area (Å²) >= 11 is 0. The second kappa shape index (κ2) is 8.01. The standard InChI is InChI=1S/C12H26N2O2/c1-13-12(9-15)5-6-14(2)7-8-16-10-11-3-4-11/h11-13,15H,3-10H2,1-2H3. The third kappa shape index (κ3) is 6.43. The van der Waals surface area contributed by atoms with Crippen molar-refractivity contribution in [3.05, 3.63) is 0 Å². The van der Waals surface area contributed by atoms with E-state index in [2.05, 4.69) is 17.3 Å². The van der Waals surface area contributed by atoms with Crippen molar-refractivity contribution in [2.24, 2.45) is 5.92 Å². The van der Waals surface area contributed by atoms with Gasteiger partial charge in [-0.1, -0.05) is 0 Å². The molecule has 1 fully saturated rings. The molecular formula is C12H26N2O2. The molecule has 0 spiro atoms. The van der Waals surface area contributed by atoms with Crippen molar-refractivity contribution in [2.45, 2.75) is 25.3 Å². The van der Waals surface area contributed by atoms with Crippen LogP contribution in [0, 0.1) is 5.92 Å². The summed E-state index contributed by atoms with van der Waals surface area (Å²) in [5.74, 6) is 0.855. The van der Waals surface area contributed by atoms with E-state index in [9.17, 15) is 0 Å². The Hall–Kier alpha value is -0.160. The van der Waals surface area contributed by atoms with Crippen LogP contribution in [0.1, 0.15) is 19.3 Å². The van der Waals surface area contributed by atoms with Gasteiger partial charge in [0.2, 0.25) is 0 Å². The van der Waals surface area contributed by atoms with E-state index < -0.39 is 0 Å². The van der Waals surface area contributed by atoms with E-state index in [1.54, 1.807) is 0 Å². The number of hydrogen-bond acceptors (Lipinski definition) is 4. The molecule has 0 radical (unpaired) electrons. The van der Waals surface area contributed by atoms with E-state index in [-0.39, 0.29) is 12.6 Å². The molecular weight excluding hydrogens is 204 g/mol. The van der Waals surface area contributed by atoms with Crippen LogP contribution in [0.2, 0.25) is 0 Å². The van der Waals surface area contributed by atoms with E-state index in [4.69, 9.17) is 9.84 Å². The van der Waals surface area contributed by atoms with Crippen LogP contribution in [-0.4, -0.2) is 63.1 Å². The van der Waals surface area contributed by atoms with E-state index in [1.165, 1.54) is 12.8 Å². The average Bonchev–Trinajstić information content (AvgIpc) is 3.10. The largest absolute Gasteiger partial charge is 0.395 e. The number of nitrogens with one attached hydrogen (secondary N) is 1. The lowest BCUT2D eigenvalue weighted by Crippen LogP contribution is -2.34. The first kappa shape index (κ1) is 13.9. The van der Waals surface area contributed by atoms with E-state index in [0.717, 1.165) is 38.6 Å². The Kier molecular flexibility index (Phi) is 6.96. The molecule has 0 aromatic carbocycles. The molecule has 1 saturated carbocycles. The molecule has 96 valence electrons. The summed E-state index contributed by atoms with van der Waals surface area (Å²) in [6.45, 7) is 3.97. The van der Waals surface area contributed by atoms with Gasteiger partial charge in [-0.2, -0.15) is 0 Å². The number of rotatable bonds is 10. The Labute approximate surface area is 99.0 Å². The van der Waals surface area contributed by atoms with Crippen molar-refractivity contribution in [1.29, 1.82) is 0 Å². The van der Waals surface area contributed by atoms with E-state index in [0.29, 0.717) is 0 Å². The third-order valence-corrected chi connectivity index (χ3v) is 3.16. The molecule has 1 aliphatic carbocycles. The van der Waals surface area contributed by atoms with Crippen LogP contribution in [-0.2, 0) is 4.74 Å². The number of hydrogen-bond donors (Lipinski definition) is 2. The number of ether oxygens (including phenoxy) is 1. The molecule has 0 aromatic heterocycles. The van der Waals surface area contributed by atoms with Crippen LogP contribution >= 0.6 is 0 Å². The first-order chi connectivity index (χ1) is 7.76. The fourth-order valence-electron chi connectivity index (χ4n) is 1.57. The Morgan fingerprint density at radius 1 is 1.44 bits per heavy atom. The summed E-state index contributed by atoms with van der Waals surface area (Å²) < 4.78 is 5.58. The van der Waals surface area contributed by atoms with Crippen LogP contribution in [0.25, 0.3) is 0 Å². The average molecular weight is 230 g/mol. The van der Waals surface area contributed by atoms with Crippen LogP contribution in [0.15, 0.2) is 0 Å². The van der Waals surface area contributed by atoms with E-state index >= 15 is 0 Å². The highest BCUT2D eigenvalue weighted by Gasteiger charge is 2.20. The quantitative estimate of drug-likeness (QED) is 0.530.